The zero-order valence-corrected chi connectivity index (χ0v) is 17.8. The maximum atomic E-state index is 12.8. The van der Waals surface area contributed by atoms with E-state index in [0.29, 0.717) is 24.9 Å². The monoisotopic (exact) mass is 424 g/mol. The maximum Gasteiger partial charge on any atom is 0.244 e. The Hall–Kier alpha value is -1.06. The van der Waals surface area contributed by atoms with E-state index in [1.807, 2.05) is 0 Å². The Balaban J connectivity index is 1.27. The van der Waals surface area contributed by atoms with E-state index in [4.69, 9.17) is 14.2 Å². The molecule has 162 valence electrons. The molecule has 3 aliphatic rings. The SMILES string of the molecule is O=S(=O)(c1cccnc1)N1CCC2(CC1)OCCC2CCOCC1CCOCC1. The Morgan fingerprint density at radius 2 is 1.97 bits per heavy atom. The average molecular weight is 425 g/mol. The van der Waals surface area contributed by atoms with Crippen molar-refractivity contribution in [3.63, 3.8) is 0 Å². The average Bonchev–Trinajstić information content (AvgIpc) is 3.14. The Labute approximate surface area is 173 Å². The van der Waals surface area contributed by atoms with E-state index < -0.39 is 10.0 Å². The van der Waals surface area contributed by atoms with E-state index in [0.717, 1.165) is 71.6 Å². The van der Waals surface area contributed by atoms with Crippen molar-refractivity contribution in [2.75, 3.05) is 46.1 Å². The topological polar surface area (TPSA) is 78.0 Å². The zero-order chi connectivity index (χ0) is 20.2. The third-order valence-corrected chi connectivity index (χ3v) is 8.63. The van der Waals surface area contributed by atoms with Crippen LogP contribution in [0.1, 0.15) is 38.5 Å². The van der Waals surface area contributed by atoms with Gasteiger partial charge in [-0.05, 0) is 62.5 Å². The minimum atomic E-state index is -3.48. The van der Waals surface area contributed by atoms with Crippen LogP contribution >= 0.6 is 0 Å². The molecule has 0 N–H and O–H groups in total. The summed E-state index contributed by atoms with van der Waals surface area (Å²) in [6.07, 6.45) is 8.72. The predicted molar refractivity (Wildman–Crippen MR) is 108 cm³/mol. The van der Waals surface area contributed by atoms with Crippen LogP contribution < -0.4 is 0 Å². The number of nitrogens with zero attached hydrogens (tertiary/aromatic N) is 2. The molecule has 0 radical (unpaired) electrons. The van der Waals surface area contributed by atoms with Gasteiger partial charge in [-0.15, -0.1) is 0 Å². The Morgan fingerprint density at radius 1 is 1.17 bits per heavy atom. The molecule has 3 aliphatic heterocycles. The number of aromatic nitrogens is 1. The van der Waals surface area contributed by atoms with Crippen LogP contribution in [0.25, 0.3) is 0 Å². The highest BCUT2D eigenvalue weighted by atomic mass is 32.2. The van der Waals surface area contributed by atoms with Crippen LogP contribution in [0.5, 0.6) is 0 Å². The van der Waals surface area contributed by atoms with Gasteiger partial charge in [0.15, 0.2) is 0 Å². The molecule has 1 atom stereocenters. The van der Waals surface area contributed by atoms with Gasteiger partial charge in [0.1, 0.15) is 4.90 Å². The minimum absolute atomic E-state index is 0.191. The van der Waals surface area contributed by atoms with Gasteiger partial charge in [-0.2, -0.15) is 4.31 Å². The van der Waals surface area contributed by atoms with Crippen molar-refractivity contribution in [3.8, 4) is 0 Å². The minimum Gasteiger partial charge on any atom is -0.381 e. The summed E-state index contributed by atoms with van der Waals surface area (Å²) in [5.74, 6) is 1.07. The Morgan fingerprint density at radius 3 is 2.69 bits per heavy atom. The first kappa shape index (κ1) is 21.2. The molecule has 3 saturated heterocycles. The second-order valence-corrected chi connectivity index (χ2v) is 10.3. The number of piperidine rings is 1. The van der Waals surface area contributed by atoms with Gasteiger partial charge in [-0.1, -0.05) is 0 Å². The number of hydrogen-bond acceptors (Lipinski definition) is 6. The summed E-state index contributed by atoms with van der Waals surface area (Å²) in [5.41, 5.74) is -0.191. The molecular weight excluding hydrogens is 392 g/mol. The lowest BCUT2D eigenvalue weighted by atomic mass is 9.78. The van der Waals surface area contributed by atoms with Gasteiger partial charge in [0.25, 0.3) is 0 Å². The summed E-state index contributed by atoms with van der Waals surface area (Å²) in [7, 11) is -3.48. The van der Waals surface area contributed by atoms with Crippen molar-refractivity contribution >= 4 is 10.0 Å². The lowest BCUT2D eigenvalue weighted by molar-refractivity contribution is -0.0629. The molecule has 4 rings (SSSR count). The third-order valence-electron chi connectivity index (χ3n) is 6.75. The summed E-state index contributed by atoms with van der Waals surface area (Å²) >= 11 is 0. The van der Waals surface area contributed by atoms with E-state index in [9.17, 15) is 8.42 Å². The van der Waals surface area contributed by atoms with E-state index >= 15 is 0 Å². The highest BCUT2D eigenvalue weighted by Gasteiger charge is 2.47. The third kappa shape index (κ3) is 4.82. The Bertz CT molecular complexity index is 744. The van der Waals surface area contributed by atoms with Gasteiger partial charge >= 0.3 is 0 Å². The molecule has 1 aromatic heterocycles. The molecule has 4 heterocycles. The molecule has 0 bridgehead atoms. The second kappa shape index (κ2) is 9.39. The van der Waals surface area contributed by atoms with E-state index in [1.165, 1.54) is 6.20 Å². The summed E-state index contributed by atoms with van der Waals surface area (Å²) in [6, 6.07) is 3.27. The van der Waals surface area contributed by atoms with Crippen LogP contribution in [0.2, 0.25) is 0 Å². The summed E-state index contributed by atoms with van der Waals surface area (Å²) < 4.78 is 44.9. The van der Waals surface area contributed by atoms with Crippen LogP contribution in [0.3, 0.4) is 0 Å². The molecule has 8 heteroatoms. The number of hydrogen-bond donors (Lipinski definition) is 0. The van der Waals surface area contributed by atoms with Crippen molar-refractivity contribution in [1.29, 1.82) is 0 Å². The molecule has 1 spiro atoms. The number of pyridine rings is 1. The van der Waals surface area contributed by atoms with Gasteiger partial charge in [-0.3, -0.25) is 4.98 Å². The summed E-state index contributed by atoms with van der Waals surface area (Å²) in [5, 5.41) is 0. The van der Waals surface area contributed by atoms with Crippen molar-refractivity contribution in [2.45, 2.75) is 49.0 Å². The smallest absolute Gasteiger partial charge is 0.244 e. The quantitative estimate of drug-likeness (QED) is 0.626. The van der Waals surface area contributed by atoms with Crippen LogP contribution in [0, 0.1) is 11.8 Å². The van der Waals surface area contributed by atoms with Gasteiger partial charge in [0.05, 0.1) is 5.60 Å². The van der Waals surface area contributed by atoms with E-state index in [1.54, 1.807) is 22.6 Å². The van der Waals surface area contributed by atoms with E-state index in [2.05, 4.69) is 4.98 Å². The van der Waals surface area contributed by atoms with Gasteiger partial charge in [0.2, 0.25) is 10.0 Å². The largest absolute Gasteiger partial charge is 0.381 e. The molecule has 7 nitrogen and oxygen atoms in total. The van der Waals surface area contributed by atoms with E-state index in [-0.39, 0.29) is 10.5 Å². The normalized spacial score (nSPS) is 26.1. The fourth-order valence-corrected chi connectivity index (χ4v) is 6.29. The fraction of sp³-hybridized carbons (Fsp3) is 0.762. The van der Waals surface area contributed by atoms with Crippen LogP contribution in [0.15, 0.2) is 29.4 Å². The van der Waals surface area contributed by atoms with Crippen LogP contribution in [-0.2, 0) is 24.2 Å². The van der Waals surface area contributed by atoms with Crippen molar-refractivity contribution in [2.24, 2.45) is 11.8 Å². The maximum absolute atomic E-state index is 12.8. The van der Waals surface area contributed by atoms with Crippen molar-refractivity contribution in [1.82, 2.24) is 9.29 Å². The lowest BCUT2D eigenvalue weighted by Crippen LogP contribution is -2.49. The molecule has 0 aromatic carbocycles. The highest BCUT2D eigenvalue weighted by Crippen LogP contribution is 2.43. The van der Waals surface area contributed by atoms with Crippen LogP contribution in [-0.4, -0.2) is 69.4 Å². The van der Waals surface area contributed by atoms with Gasteiger partial charge in [-0.25, -0.2) is 8.42 Å². The molecule has 0 saturated carbocycles. The first-order chi connectivity index (χ1) is 14.1. The molecule has 0 amide bonds. The standard InChI is InChI=1S/C21H32N2O5S/c24-29(25,20-2-1-9-22-16-20)23-10-7-21(8-11-23)19(6-15-28-21)5-14-27-17-18-3-12-26-13-4-18/h1-2,9,16,18-19H,3-8,10-15,17H2. The molecule has 1 aromatic rings. The summed E-state index contributed by atoms with van der Waals surface area (Å²) in [6.45, 7) is 5.04. The lowest BCUT2D eigenvalue weighted by Gasteiger charge is -2.41. The van der Waals surface area contributed by atoms with Crippen molar-refractivity contribution < 1.29 is 22.6 Å². The summed E-state index contributed by atoms with van der Waals surface area (Å²) in [4.78, 5) is 4.22. The van der Waals surface area contributed by atoms with Gasteiger partial charge in [0, 0.05) is 58.5 Å². The second-order valence-electron chi connectivity index (χ2n) is 8.41. The van der Waals surface area contributed by atoms with Crippen molar-refractivity contribution in [3.05, 3.63) is 24.5 Å². The highest BCUT2D eigenvalue weighted by molar-refractivity contribution is 7.89. The Kier molecular flexibility index (Phi) is 6.86. The molecule has 0 aliphatic carbocycles. The number of ether oxygens (including phenoxy) is 3. The first-order valence-electron chi connectivity index (χ1n) is 10.8. The molecule has 1 unspecified atom stereocenters. The van der Waals surface area contributed by atoms with Crippen LogP contribution in [0.4, 0.5) is 0 Å². The predicted octanol–water partition coefficient (Wildman–Crippen LogP) is 2.47. The number of sulfonamides is 1. The van der Waals surface area contributed by atoms with Gasteiger partial charge < -0.3 is 14.2 Å². The molecular formula is C21H32N2O5S. The molecule has 29 heavy (non-hydrogen) atoms. The zero-order valence-electron chi connectivity index (χ0n) is 17.0. The first-order valence-corrected chi connectivity index (χ1v) is 12.2. The number of rotatable bonds is 7. The molecule has 3 fully saturated rings. The fourth-order valence-electron chi connectivity index (χ4n) is 4.89.